The molecule has 0 spiro atoms. The molecule has 6 heteroatoms. The summed E-state index contributed by atoms with van der Waals surface area (Å²) in [5.41, 5.74) is 1.14. The van der Waals surface area contributed by atoms with Crippen LogP contribution >= 0.6 is 23.6 Å². The predicted molar refractivity (Wildman–Crippen MR) is 48.4 cm³/mol. The van der Waals surface area contributed by atoms with Crippen LogP contribution in [0, 0.1) is 3.95 Å². The fourth-order valence-corrected chi connectivity index (χ4v) is 2.01. The van der Waals surface area contributed by atoms with Gasteiger partial charge in [-0.15, -0.1) is 11.3 Å². The standard InChI is InChI=1S/C7H5NS2.2O.Ti/c9-7-8-5-3-1-2-4-6(5)10-7;;;/h1-4H,(H,8,9);;;/q;2*-2;+4. The number of rotatable bonds is 0. The smallest absolute Gasteiger partial charge is 2.00 e. The molecule has 1 aromatic heterocycles. The first-order chi connectivity index (χ1) is 4.86. The Kier molecular flexibility index (Phi) is 7.63. The van der Waals surface area contributed by atoms with E-state index in [9.17, 15) is 0 Å². The first-order valence-electron chi connectivity index (χ1n) is 2.94. The number of hydrogen-bond donors (Lipinski definition) is 1. The van der Waals surface area contributed by atoms with E-state index in [1.54, 1.807) is 11.3 Å². The van der Waals surface area contributed by atoms with Crippen molar-refractivity contribution in [1.29, 1.82) is 0 Å². The molecule has 0 aliphatic heterocycles. The van der Waals surface area contributed by atoms with Gasteiger partial charge in [-0.05, 0) is 24.4 Å². The van der Waals surface area contributed by atoms with Crippen LogP contribution in [0.25, 0.3) is 10.2 Å². The van der Waals surface area contributed by atoms with Crippen molar-refractivity contribution in [1.82, 2.24) is 4.98 Å². The Morgan fingerprint density at radius 1 is 1.15 bits per heavy atom. The minimum absolute atomic E-state index is 0. The molecule has 0 unspecified atom stereocenters. The Morgan fingerprint density at radius 3 is 2.38 bits per heavy atom. The zero-order valence-electron chi connectivity index (χ0n) is 6.44. The summed E-state index contributed by atoms with van der Waals surface area (Å²) >= 11 is 6.59. The van der Waals surface area contributed by atoms with Crippen molar-refractivity contribution in [3.8, 4) is 0 Å². The quantitative estimate of drug-likeness (QED) is 0.564. The SMILES string of the molecule is S=c1[nH]c2ccccc2s1.[O-2].[O-2].[Ti+4]. The molecule has 13 heavy (non-hydrogen) atoms. The molecule has 0 amide bonds. The first-order valence-corrected chi connectivity index (χ1v) is 4.16. The van der Waals surface area contributed by atoms with Crippen LogP contribution in [0.5, 0.6) is 0 Å². The molecule has 0 radical (unpaired) electrons. The van der Waals surface area contributed by atoms with Gasteiger partial charge in [0.25, 0.3) is 0 Å². The third-order valence-electron chi connectivity index (χ3n) is 1.33. The first kappa shape index (κ1) is 15.4. The summed E-state index contributed by atoms with van der Waals surface area (Å²) in [7, 11) is 0. The largest absolute Gasteiger partial charge is 4.00 e. The van der Waals surface area contributed by atoms with Gasteiger partial charge >= 0.3 is 21.7 Å². The van der Waals surface area contributed by atoms with Crippen LogP contribution in [-0.4, -0.2) is 4.98 Å². The van der Waals surface area contributed by atoms with Crippen molar-refractivity contribution in [3.05, 3.63) is 28.2 Å². The van der Waals surface area contributed by atoms with E-state index in [1.807, 2.05) is 18.2 Å². The van der Waals surface area contributed by atoms with Crippen LogP contribution in [0.4, 0.5) is 0 Å². The third-order valence-corrected chi connectivity index (χ3v) is 2.54. The van der Waals surface area contributed by atoms with E-state index >= 15 is 0 Å². The average Bonchev–Trinajstić information content (AvgIpc) is 2.27. The van der Waals surface area contributed by atoms with Crippen molar-refractivity contribution in [2.45, 2.75) is 0 Å². The van der Waals surface area contributed by atoms with Gasteiger partial charge in [0.05, 0.1) is 10.2 Å². The van der Waals surface area contributed by atoms with E-state index < -0.39 is 0 Å². The minimum Gasteiger partial charge on any atom is -2.00 e. The van der Waals surface area contributed by atoms with E-state index in [1.165, 1.54) is 4.70 Å². The maximum atomic E-state index is 4.98. The molecule has 2 aromatic rings. The van der Waals surface area contributed by atoms with Crippen LogP contribution in [0.2, 0.25) is 0 Å². The molecule has 0 saturated carbocycles. The summed E-state index contributed by atoms with van der Waals surface area (Å²) < 4.78 is 2.08. The van der Waals surface area contributed by atoms with Gasteiger partial charge < -0.3 is 15.9 Å². The fraction of sp³-hybridized carbons (Fsp3) is 0. The molecular weight excluding hydrogens is 242 g/mol. The van der Waals surface area contributed by atoms with E-state index in [0.717, 1.165) is 9.47 Å². The number of nitrogens with one attached hydrogen (secondary N) is 1. The van der Waals surface area contributed by atoms with Crippen LogP contribution in [-0.2, 0) is 32.7 Å². The Balaban J connectivity index is 0. The number of H-pyrrole nitrogens is 1. The van der Waals surface area contributed by atoms with Gasteiger partial charge in [-0.1, -0.05) is 12.1 Å². The Hall–Kier alpha value is -0.0357. The maximum Gasteiger partial charge on any atom is 4.00 e. The second kappa shape index (κ2) is 6.42. The topological polar surface area (TPSA) is 72.8 Å². The summed E-state index contributed by atoms with van der Waals surface area (Å²) in [6.07, 6.45) is 0. The number of fused-ring (bicyclic) bond motifs is 1. The number of benzene rings is 1. The van der Waals surface area contributed by atoms with Crippen molar-refractivity contribution in [2.24, 2.45) is 0 Å². The van der Waals surface area contributed by atoms with Crippen molar-refractivity contribution >= 4 is 33.8 Å². The molecule has 0 saturated heterocycles. The second-order valence-electron chi connectivity index (χ2n) is 2.01. The van der Waals surface area contributed by atoms with Crippen LogP contribution in [0.3, 0.4) is 0 Å². The Labute approximate surface area is 99.3 Å². The summed E-state index contributed by atoms with van der Waals surface area (Å²) in [6.45, 7) is 0. The molecule has 2 rings (SSSR count). The second-order valence-corrected chi connectivity index (χ2v) is 3.73. The Morgan fingerprint density at radius 2 is 1.77 bits per heavy atom. The monoisotopic (exact) mass is 247 g/mol. The van der Waals surface area contributed by atoms with E-state index in [4.69, 9.17) is 12.2 Å². The molecular formula is C7H5NO2S2Ti. The normalized spacial score (nSPS) is 8.00. The summed E-state index contributed by atoms with van der Waals surface area (Å²) in [5.74, 6) is 0. The van der Waals surface area contributed by atoms with Crippen molar-refractivity contribution in [2.75, 3.05) is 0 Å². The molecule has 0 bridgehead atoms. The number of thiazole rings is 1. The van der Waals surface area contributed by atoms with Gasteiger partial charge in [-0.3, -0.25) is 0 Å². The summed E-state index contributed by atoms with van der Waals surface area (Å²) in [6, 6.07) is 8.11. The molecule has 1 aromatic carbocycles. The zero-order chi connectivity index (χ0) is 6.97. The molecule has 1 heterocycles. The number of aromatic amines is 1. The number of hydrogen-bond acceptors (Lipinski definition) is 2. The van der Waals surface area contributed by atoms with E-state index in [0.29, 0.717) is 0 Å². The molecule has 0 aliphatic carbocycles. The molecule has 1 N–H and O–H groups in total. The van der Waals surface area contributed by atoms with Gasteiger partial charge in [0, 0.05) is 0 Å². The van der Waals surface area contributed by atoms with Crippen LogP contribution < -0.4 is 0 Å². The summed E-state index contributed by atoms with van der Waals surface area (Å²) in [5, 5.41) is 0. The van der Waals surface area contributed by atoms with Gasteiger partial charge in [-0.2, -0.15) is 0 Å². The van der Waals surface area contributed by atoms with Gasteiger partial charge in [0.15, 0.2) is 3.95 Å². The third kappa shape index (κ3) is 3.30. The number of para-hydroxylation sites is 1. The molecule has 0 fully saturated rings. The van der Waals surface area contributed by atoms with Crippen molar-refractivity contribution < 1.29 is 32.7 Å². The average molecular weight is 247 g/mol. The maximum absolute atomic E-state index is 4.98. The van der Waals surface area contributed by atoms with Gasteiger partial charge in [-0.25, -0.2) is 0 Å². The van der Waals surface area contributed by atoms with Gasteiger partial charge in [0.2, 0.25) is 0 Å². The van der Waals surface area contributed by atoms with E-state index in [2.05, 4.69) is 11.1 Å². The van der Waals surface area contributed by atoms with Crippen molar-refractivity contribution in [3.63, 3.8) is 0 Å². The van der Waals surface area contributed by atoms with Crippen LogP contribution in [0.1, 0.15) is 0 Å². The molecule has 66 valence electrons. The van der Waals surface area contributed by atoms with E-state index in [-0.39, 0.29) is 32.7 Å². The fourth-order valence-electron chi connectivity index (χ4n) is 0.894. The number of aromatic nitrogens is 1. The summed E-state index contributed by atoms with van der Waals surface area (Å²) in [4.78, 5) is 3.09. The van der Waals surface area contributed by atoms with Crippen LogP contribution in [0.15, 0.2) is 24.3 Å². The predicted octanol–water partition coefficient (Wildman–Crippen LogP) is 2.72. The zero-order valence-corrected chi connectivity index (χ0v) is 9.64. The molecule has 0 aliphatic rings. The molecule has 3 nitrogen and oxygen atoms in total. The Bertz CT molecular complexity index is 376. The minimum atomic E-state index is 0. The molecule has 0 atom stereocenters. The van der Waals surface area contributed by atoms with Gasteiger partial charge in [0.1, 0.15) is 0 Å².